The highest BCUT2D eigenvalue weighted by Gasteiger charge is 2.11. The number of hydrogen-bond acceptors (Lipinski definition) is 4. The Labute approximate surface area is 156 Å². The average molecular weight is 363 g/mol. The number of benzene rings is 3. The zero-order valence-corrected chi connectivity index (χ0v) is 14.8. The molecule has 0 spiro atoms. The maximum Gasteiger partial charge on any atom is 0.230 e. The second-order valence-electron chi connectivity index (χ2n) is 5.65. The van der Waals surface area contributed by atoms with Crippen LogP contribution in [0.3, 0.4) is 0 Å². The van der Waals surface area contributed by atoms with E-state index >= 15 is 0 Å². The van der Waals surface area contributed by atoms with Gasteiger partial charge in [-0.15, -0.1) is 0 Å². The van der Waals surface area contributed by atoms with Crippen LogP contribution in [0.15, 0.2) is 72.8 Å². The zero-order valence-electron chi connectivity index (χ0n) is 14.0. The third-order valence-corrected chi connectivity index (χ3v) is 4.20. The van der Waals surface area contributed by atoms with Crippen molar-refractivity contribution in [1.82, 2.24) is 9.97 Å². The van der Waals surface area contributed by atoms with Gasteiger partial charge in [0.1, 0.15) is 11.5 Å². The first-order chi connectivity index (χ1) is 12.7. The van der Waals surface area contributed by atoms with E-state index in [2.05, 4.69) is 9.97 Å². The Balaban J connectivity index is 1.79. The van der Waals surface area contributed by atoms with Crippen LogP contribution in [0.5, 0.6) is 17.4 Å². The van der Waals surface area contributed by atoms with Gasteiger partial charge in [-0.2, -0.15) is 4.98 Å². The minimum Gasteiger partial charge on any atom is -0.497 e. The molecule has 0 bridgehead atoms. The van der Waals surface area contributed by atoms with Crippen molar-refractivity contribution >= 4 is 22.5 Å². The molecule has 4 rings (SSSR count). The standard InChI is InChI=1S/C21H15ClN2O2/c1-25-16-10-12-17(13-11-16)26-21-18-4-2-3-5-19(18)23-20(24-21)14-6-8-15(22)9-7-14/h2-13H,1H3. The minimum absolute atomic E-state index is 0.505. The summed E-state index contributed by atoms with van der Waals surface area (Å²) in [5.74, 6) is 2.54. The molecular formula is C21H15ClN2O2. The van der Waals surface area contributed by atoms with Gasteiger partial charge in [-0.3, -0.25) is 0 Å². The molecule has 0 aliphatic rings. The zero-order chi connectivity index (χ0) is 17.9. The van der Waals surface area contributed by atoms with E-state index in [-0.39, 0.29) is 0 Å². The number of methoxy groups -OCH3 is 1. The predicted octanol–water partition coefficient (Wildman–Crippen LogP) is 5.75. The van der Waals surface area contributed by atoms with E-state index in [0.29, 0.717) is 22.5 Å². The lowest BCUT2D eigenvalue weighted by molar-refractivity contribution is 0.412. The first-order valence-electron chi connectivity index (χ1n) is 8.07. The molecule has 1 aromatic heterocycles. The summed E-state index contributed by atoms with van der Waals surface area (Å²) in [7, 11) is 1.63. The maximum absolute atomic E-state index is 6.04. The molecule has 0 saturated carbocycles. The molecule has 5 heteroatoms. The summed E-state index contributed by atoms with van der Waals surface area (Å²) in [5.41, 5.74) is 1.69. The third kappa shape index (κ3) is 3.32. The summed E-state index contributed by atoms with van der Waals surface area (Å²) in [6.07, 6.45) is 0. The highest BCUT2D eigenvalue weighted by Crippen LogP contribution is 2.31. The number of halogens is 1. The van der Waals surface area contributed by atoms with Crippen LogP contribution in [-0.2, 0) is 0 Å². The van der Waals surface area contributed by atoms with Gasteiger partial charge in [0.2, 0.25) is 5.88 Å². The van der Waals surface area contributed by atoms with E-state index in [1.807, 2.05) is 72.8 Å². The SMILES string of the molecule is COc1ccc(Oc2nc(-c3ccc(Cl)cc3)nc3ccccc23)cc1. The largest absolute Gasteiger partial charge is 0.497 e. The molecule has 0 aliphatic carbocycles. The number of fused-ring (bicyclic) bond motifs is 1. The smallest absolute Gasteiger partial charge is 0.230 e. The van der Waals surface area contributed by atoms with Crippen LogP contribution in [0.1, 0.15) is 0 Å². The van der Waals surface area contributed by atoms with Crippen LogP contribution in [-0.4, -0.2) is 17.1 Å². The first-order valence-corrected chi connectivity index (χ1v) is 8.45. The van der Waals surface area contributed by atoms with E-state index in [9.17, 15) is 0 Å². The van der Waals surface area contributed by atoms with E-state index in [1.54, 1.807) is 7.11 Å². The third-order valence-electron chi connectivity index (χ3n) is 3.94. The Kier molecular flexibility index (Phi) is 4.42. The van der Waals surface area contributed by atoms with Crippen LogP contribution in [0.2, 0.25) is 5.02 Å². The second-order valence-corrected chi connectivity index (χ2v) is 6.09. The van der Waals surface area contributed by atoms with E-state index < -0.39 is 0 Å². The Hall–Kier alpha value is -3.11. The molecule has 0 N–H and O–H groups in total. The molecule has 0 aliphatic heterocycles. The maximum atomic E-state index is 6.04. The molecule has 4 nitrogen and oxygen atoms in total. The summed E-state index contributed by atoms with van der Waals surface area (Å²) in [6.45, 7) is 0. The highest BCUT2D eigenvalue weighted by atomic mass is 35.5. The van der Waals surface area contributed by atoms with Crippen molar-refractivity contribution in [2.75, 3.05) is 7.11 Å². The summed E-state index contributed by atoms with van der Waals surface area (Å²) in [6, 6.07) is 22.6. The predicted molar refractivity (Wildman–Crippen MR) is 103 cm³/mol. The summed E-state index contributed by atoms with van der Waals surface area (Å²) in [5, 5.41) is 1.52. The van der Waals surface area contributed by atoms with Crippen LogP contribution >= 0.6 is 11.6 Å². The Morgan fingerprint density at radius 3 is 2.19 bits per heavy atom. The normalized spacial score (nSPS) is 10.7. The molecule has 0 fully saturated rings. The summed E-state index contributed by atoms with van der Waals surface area (Å²) >= 11 is 5.98. The van der Waals surface area contributed by atoms with E-state index in [1.165, 1.54) is 0 Å². The number of para-hydroxylation sites is 1. The van der Waals surface area contributed by atoms with Crippen molar-refractivity contribution in [3.63, 3.8) is 0 Å². The van der Waals surface area contributed by atoms with Gasteiger partial charge >= 0.3 is 0 Å². The lowest BCUT2D eigenvalue weighted by atomic mass is 10.2. The van der Waals surface area contributed by atoms with Crippen LogP contribution in [0.4, 0.5) is 0 Å². The first kappa shape index (κ1) is 16.4. The minimum atomic E-state index is 0.505. The van der Waals surface area contributed by atoms with Gasteiger partial charge in [-0.1, -0.05) is 23.7 Å². The van der Waals surface area contributed by atoms with Gasteiger partial charge in [0.25, 0.3) is 0 Å². The van der Waals surface area contributed by atoms with Crippen LogP contribution in [0.25, 0.3) is 22.3 Å². The molecule has 3 aromatic carbocycles. The average Bonchev–Trinajstić information content (AvgIpc) is 2.69. The number of hydrogen-bond donors (Lipinski definition) is 0. The molecular weight excluding hydrogens is 348 g/mol. The lowest BCUT2D eigenvalue weighted by Gasteiger charge is -2.10. The van der Waals surface area contributed by atoms with Crippen molar-refractivity contribution in [3.05, 3.63) is 77.8 Å². The Morgan fingerprint density at radius 1 is 0.769 bits per heavy atom. The number of aromatic nitrogens is 2. The van der Waals surface area contributed by atoms with Crippen molar-refractivity contribution < 1.29 is 9.47 Å². The fourth-order valence-corrected chi connectivity index (χ4v) is 2.73. The number of rotatable bonds is 4. The van der Waals surface area contributed by atoms with Crippen LogP contribution in [0, 0.1) is 0 Å². The van der Waals surface area contributed by atoms with Gasteiger partial charge < -0.3 is 9.47 Å². The number of nitrogens with zero attached hydrogens (tertiary/aromatic N) is 2. The van der Waals surface area contributed by atoms with E-state index in [4.69, 9.17) is 21.1 Å². The molecule has 4 aromatic rings. The Morgan fingerprint density at radius 2 is 1.46 bits per heavy atom. The van der Waals surface area contributed by atoms with Crippen molar-refractivity contribution in [2.24, 2.45) is 0 Å². The van der Waals surface area contributed by atoms with Crippen molar-refractivity contribution in [1.29, 1.82) is 0 Å². The van der Waals surface area contributed by atoms with Gasteiger partial charge in [0, 0.05) is 10.6 Å². The molecule has 0 saturated heterocycles. The molecule has 0 radical (unpaired) electrons. The van der Waals surface area contributed by atoms with Gasteiger partial charge in [0.15, 0.2) is 5.82 Å². The highest BCUT2D eigenvalue weighted by molar-refractivity contribution is 6.30. The van der Waals surface area contributed by atoms with Gasteiger partial charge in [0.05, 0.1) is 18.0 Å². The van der Waals surface area contributed by atoms with Crippen LogP contribution < -0.4 is 9.47 Å². The van der Waals surface area contributed by atoms with Crippen molar-refractivity contribution in [3.8, 4) is 28.8 Å². The summed E-state index contributed by atoms with van der Waals surface area (Å²) in [4.78, 5) is 9.28. The number of ether oxygens (including phenoxy) is 2. The van der Waals surface area contributed by atoms with Crippen molar-refractivity contribution in [2.45, 2.75) is 0 Å². The van der Waals surface area contributed by atoms with E-state index in [0.717, 1.165) is 22.2 Å². The second kappa shape index (κ2) is 7.02. The molecule has 0 atom stereocenters. The molecule has 26 heavy (non-hydrogen) atoms. The topological polar surface area (TPSA) is 44.2 Å². The monoisotopic (exact) mass is 362 g/mol. The fourth-order valence-electron chi connectivity index (χ4n) is 2.61. The fraction of sp³-hybridized carbons (Fsp3) is 0.0476. The molecule has 128 valence electrons. The van der Waals surface area contributed by atoms with Gasteiger partial charge in [-0.25, -0.2) is 4.98 Å². The molecule has 0 unspecified atom stereocenters. The summed E-state index contributed by atoms with van der Waals surface area (Å²) < 4.78 is 11.2. The molecule has 0 amide bonds. The van der Waals surface area contributed by atoms with Gasteiger partial charge in [-0.05, 0) is 60.7 Å². The Bertz CT molecular complexity index is 1050. The molecule has 1 heterocycles. The lowest BCUT2D eigenvalue weighted by Crippen LogP contribution is -1.96. The quantitative estimate of drug-likeness (QED) is 0.463.